The van der Waals surface area contributed by atoms with Crippen molar-refractivity contribution in [3.8, 4) is 0 Å². The summed E-state index contributed by atoms with van der Waals surface area (Å²) in [7, 11) is 0. The molecule has 0 aliphatic carbocycles. The Balaban J connectivity index is 2.34. The maximum absolute atomic E-state index is 15.5. The highest BCUT2D eigenvalue weighted by Crippen LogP contribution is 2.40. The van der Waals surface area contributed by atoms with E-state index in [0.717, 1.165) is 5.01 Å². The quantitative estimate of drug-likeness (QED) is 0.479. The Bertz CT molecular complexity index is 729. The van der Waals surface area contributed by atoms with E-state index in [4.69, 9.17) is 31.5 Å². The molecular formula is C18H26ClFN4O5. The average Bonchev–Trinajstić information content (AvgIpc) is 2.92. The lowest BCUT2D eigenvalue weighted by atomic mass is 9.98. The van der Waals surface area contributed by atoms with Crippen LogP contribution < -0.4 is 5.73 Å². The topological polar surface area (TPSA) is 116 Å². The number of carbonyl (C=O) groups is 2. The molecule has 0 radical (unpaired) electrons. The Labute approximate surface area is 173 Å². The summed E-state index contributed by atoms with van der Waals surface area (Å²) >= 11 is 6.11. The fourth-order valence-corrected chi connectivity index (χ4v) is 2.97. The van der Waals surface area contributed by atoms with Gasteiger partial charge in [-0.05, 0) is 0 Å². The molecule has 1 saturated heterocycles. The smallest absolute Gasteiger partial charge is 0.308 e. The predicted molar refractivity (Wildman–Crippen MR) is 105 cm³/mol. The van der Waals surface area contributed by atoms with E-state index < -0.39 is 54.5 Å². The molecule has 0 aromatic carbocycles. The predicted octanol–water partition coefficient (Wildman–Crippen LogP) is 1.56. The van der Waals surface area contributed by atoms with E-state index in [2.05, 4.69) is 16.7 Å². The first kappa shape index (κ1) is 23.1. The zero-order chi connectivity index (χ0) is 21.9. The molecule has 11 heteroatoms. The number of hydrogen-bond acceptors (Lipinski definition) is 9. The number of nitrogens with zero attached hydrogens (tertiary/aromatic N) is 3. The summed E-state index contributed by atoms with van der Waals surface area (Å²) in [6, 6.07) is 0. The lowest BCUT2D eigenvalue weighted by Crippen LogP contribution is -2.51. The van der Waals surface area contributed by atoms with Gasteiger partial charge in [-0.25, -0.2) is 14.4 Å². The van der Waals surface area contributed by atoms with Crippen LogP contribution in [-0.4, -0.2) is 65.6 Å². The van der Waals surface area contributed by atoms with Crippen LogP contribution in [0.3, 0.4) is 0 Å². The summed E-state index contributed by atoms with van der Waals surface area (Å²) in [6.45, 7) is 9.79. The monoisotopic (exact) mass is 432 g/mol. The van der Waals surface area contributed by atoms with E-state index in [1.165, 1.54) is 6.21 Å². The van der Waals surface area contributed by atoms with Crippen molar-refractivity contribution < 1.29 is 28.2 Å². The molecule has 2 rings (SSSR count). The third-order valence-electron chi connectivity index (χ3n) is 4.38. The molecule has 162 valence electrons. The van der Waals surface area contributed by atoms with Gasteiger partial charge in [-0.3, -0.25) is 9.59 Å². The number of halogens is 2. The first-order valence-electron chi connectivity index (χ1n) is 9.13. The second kappa shape index (κ2) is 9.08. The van der Waals surface area contributed by atoms with Gasteiger partial charge in [-0.15, -0.1) is 11.6 Å². The van der Waals surface area contributed by atoms with Gasteiger partial charge in [0, 0.05) is 0 Å². The second-order valence-electron chi connectivity index (χ2n) is 7.47. The molecule has 0 saturated carbocycles. The molecule has 9 nitrogen and oxygen atoms in total. The standard InChI is InChI=1S/C18H26ClFN4O5/c1-9(2)16(25)27-8-18(7-19)14(28-17(26)10(3)4)13(20)15(29-18)24-11(5)23-12(21)6-22-24/h6,9-10,13-15H,5,7-8H2,1-4H3,(H2,21,23)/t13-,14+,15-,18-/m1/s1. The van der Waals surface area contributed by atoms with E-state index in [9.17, 15) is 9.59 Å². The van der Waals surface area contributed by atoms with Gasteiger partial charge in [0.25, 0.3) is 0 Å². The van der Waals surface area contributed by atoms with Gasteiger partial charge in [0.05, 0.1) is 23.9 Å². The van der Waals surface area contributed by atoms with Gasteiger partial charge in [0.2, 0.25) is 0 Å². The van der Waals surface area contributed by atoms with Crippen LogP contribution in [0, 0.1) is 11.8 Å². The number of nitrogens with two attached hydrogens (primary N) is 1. The maximum Gasteiger partial charge on any atom is 0.308 e. The molecule has 0 bridgehead atoms. The van der Waals surface area contributed by atoms with Crippen LogP contribution in [0.4, 0.5) is 4.39 Å². The lowest BCUT2D eigenvalue weighted by Gasteiger charge is -2.32. The summed E-state index contributed by atoms with van der Waals surface area (Å²) < 4.78 is 31.9. The Hall–Kier alpha value is -2.20. The molecule has 1 fully saturated rings. The number of amidine groups is 1. The van der Waals surface area contributed by atoms with Gasteiger partial charge >= 0.3 is 11.9 Å². The van der Waals surface area contributed by atoms with Crippen LogP contribution in [0.15, 0.2) is 22.5 Å². The Morgan fingerprint density at radius 2 is 2.00 bits per heavy atom. The molecule has 2 aliphatic rings. The van der Waals surface area contributed by atoms with Crippen LogP contribution in [0.2, 0.25) is 0 Å². The minimum absolute atomic E-state index is 0.0381. The normalized spacial score (nSPS) is 29.4. The number of ether oxygens (including phenoxy) is 3. The van der Waals surface area contributed by atoms with Crippen LogP contribution in [-0.2, 0) is 23.8 Å². The van der Waals surface area contributed by atoms with Crippen molar-refractivity contribution in [3.63, 3.8) is 0 Å². The van der Waals surface area contributed by atoms with E-state index in [1.54, 1.807) is 27.7 Å². The molecule has 0 spiro atoms. The minimum Gasteiger partial charge on any atom is -0.462 e. The lowest BCUT2D eigenvalue weighted by molar-refractivity contribution is -0.179. The van der Waals surface area contributed by atoms with Crippen molar-refractivity contribution in [2.45, 2.75) is 51.8 Å². The maximum atomic E-state index is 15.5. The molecule has 2 N–H and O–H groups in total. The number of alkyl halides is 2. The van der Waals surface area contributed by atoms with Gasteiger partial charge in [0.15, 0.2) is 24.1 Å². The summed E-state index contributed by atoms with van der Waals surface area (Å²) in [6.07, 6.45) is -3.47. The van der Waals surface area contributed by atoms with E-state index >= 15 is 4.39 Å². The molecule has 2 heterocycles. The third-order valence-corrected chi connectivity index (χ3v) is 4.84. The summed E-state index contributed by atoms with van der Waals surface area (Å²) in [4.78, 5) is 28.1. The van der Waals surface area contributed by atoms with Crippen LogP contribution >= 0.6 is 11.6 Å². The van der Waals surface area contributed by atoms with E-state index in [0.29, 0.717) is 0 Å². The van der Waals surface area contributed by atoms with Crippen molar-refractivity contribution in [1.29, 1.82) is 0 Å². The van der Waals surface area contributed by atoms with Gasteiger partial charge in [-0.1, -0.05) is 34.3 Å². The Kier molecular flexibility index (Phi) is 7.23. The van der Waals surface area contributed by atoms with Gasteiger partial charge in [-0.2, -0.15) is 5.10 Å². The zero-order valence-corrected chi connectivity index (χ0v) is 17.6. The first-order chi connectivity index (χ1) is 13.5. The van der Waals surface area contributed by atoms with Crippen molar-refractivity contribution in [1.82, 2.24) is 5.01 Å². The largest absolute Gasteiger partial charge is 0.462 e. The Morgan fingerprint density at radius 1 is 1.38 bits per heavy atom. The highest BCUT2D eigenvalue weighted by atomic mass is 35.5. The molecule has 4 atom stereocenters. The summed E-state index contributed by atoms with van der Waals surface area (Å²) in [5.74, 6) is -2.27. The van der Waals surface area contributed by atoms with Crippen molar-refractivity contribution >= 4 is 35.6 Å². The molecule has 29 heavy (non-hydrogen) atoms. The SMILES string of the molecule is C=C1N=C(N)C=NN1[C@@H]1O[C@](CCl)(COC(=O)C(C)C)[C@@H](OC(=O)C(C)C)[C@H]1F. The molecule has 0 aromatic rings. The third kappa shape index (κ3) is 4.87. The highest BCUT2D eigenvalue weighted by molar-refractivity contribution is 6.29. The second-order valence-corrected chi connectivity index (χ2v) is 7.74. The van der Waals surface area contributed by atoms with Crippen LogP contribution in [0.1, 0.15) is 27.7 Å². The van der Waals surface area contributed by atoms with E-state index in [-0.39, 0.29) is 17.5 Å². The number of rotatable bonds is 7. The van der Waals surface area contributed by atoms with Crippen LogP contribution in [0.5, 0.6) is 0 Å². The zero-order valence-electron chi connectivity index (χ0n) is 16.8. The minimum atomic E-state index is -1.88. The average molecular weight is 433 g/mol. The molecule has 0 aromatic heterocycles. The molecular weight excluding hydrogens is 407 g/mol. The molecule has 0 amide bonds. The summed E-state index contributed by atoms with van der Waals surface area (Å²) in [5, 5.41) is 5.07. The fourth-order valence-electron chi connectivity index (χ4n) is 2.68. The number of hydrazone groups is 1. The Morgan fingerprint density at radius 3 is 2.52 bits per heavy atom. The first-order valence-corrected chi connectivity index (χ1v) is 9.67. The number of aliphatic imine (C=N–C) groups is 1. The van der Waals surface area contributed by atoms with Gasteiger partial charge < -0.3 is 19.9 Å². The number of carbonyl (C=O) groups excluding carboxylic acids is 2. The number of hydrogen-bond donors (Lipinski definition) is 1. The van der Waals surface area contributed by atoms with Crippen molar-refractivity contribution in [2.24, 2.45) is 27.7 Å². The molecule has 0 unspecified atom stereocenters. The molecule has 2 aliphatic heterocycles. The van der Waals surface area contributed by atoms with Crippen molar-refractivity contribution in [3.05, 3.63) is 12.4 Å². The van der Waals surface area contributed by atoms with Crippen molar-refractivity contribution in [2.75, 3.05) is 12.5 Å². The van der Waals surface area contributed by atoms with Crippen LogP contribution in [0.25, 0.3) is 0 Å². The van der Waals surface area contributed by atoms with Gasteiger partial charge in [0.1, 0.15) is 18.3 Å². The van der Waals surface area contributed by atoms with E-state index in [1.807, 2.05) is 0 Å². The number of esters is 2. The fraction of sp³-hybridized carbons (Fsp3) is 0.667. The summed E-state index contributed by atoms with van der Waals surface area (Å²) in [5.41, 5.74) is 3.94. The highest BCUT2D eigenvalue weighted by Gasteiger charge is 2.61.